The molecule has 0 atom stereocenters. The van der Waals surface area contributed by atoms with E-state index in [2.05, 4.69) is 21.7 Å². The first-order chi connectivity index (χ1) is 13.3. The van der Waals surface area contributed by atoms with Crippen molar-refractivity contribution in [1.82, 2.24) is 25.2 Å². The summed E-state index contributed by atoms with van der Waals surface area (Å²) in [7, 11) is 1.67. The average molecular weight is 388 g/mol. The van der Waals surface area contributed by atoms with Crippen LogP contribution in [0, 0.1) is 0 Å². The van der Waals surface area contributed by atoms with E-state index >= 15 is 0 Å². The lowest BCUT2D eigenvalue weighted by Gasteiger charge is -2.25. The van der Waals surface area contributed by atoms with Crippen LogP contribution in [0.3, 0.4) is 0 Å². The van der Waals surface area contributed by atoms with Crippen LogP contribution in [0.4, 0.5) is 0 Å². The van der Waals surface area contributed by atoms with Crippen LogP contribution in [-0.2, 0) is 6.54 Å². The molecule has 1 aromatic heterocycles. The summed E-state index contributed by atoms with van der Waals surface area (Å²) in [6, 6.07) is 7.90. The van der Waals surface area contributed by atoms with Crippen molar-refractivity contribution in [2.24, 2.45) is 0 Å². The number of methoxy groups -OCH3 is 1. The molecular weight excluding hydrogens is 362 g/mol. The number of aromatic nitrogens is 3. The highest BCUT2D eigenvalue weighted by Crippen LogP contribution is 2.18. The zero-order chi connectivity index (χ0) is 18.9. The van der Waals surface area contributed by atoms with Gasteiger partial charge >= 0.3 is 0 Å². The highest BCUT2D eigenvalue weighted by atomic mass is 32.2. The van der Waals surface area contributed by atoms with E-state index in [9.17, 15) is 4.79 Å². The summed E-state index contributed by atoms with van der Waals surface area (Å²) in [6.45, 7) is 3.73. The summed E-state index contributed by atoms with van der Waals surface area (Å²) < 4.78 is 7.04. The van der Waals surface area contributed by atoms with E-state index in [4.69, 9.17) is 4.74 Å². The highest BCUT2D eigenvalue weighted by Gasteiger charge is 2.20. The van der Waals surface area contributed by atoms with Gasteiger partial charge in [-0.25, -0.2) is 0 Å². The molecule has 1 N–H and O–H groups in total. The molecule has 144 valence electrons. The van der Waals surface area contributed by atoms with E-state index in [1.165, 1.54) is 0 Å². The van der Waals surface area contributed by atoms with Crippen molar-refractivity contribution in [3.05, 3.63) is 47.8 Å². The number of para-hydroxylation sites is 1. The van der Waals surface area contributed by atoms with Crippen LogP contribution in [0.2, 0.25) is 0 Å². The molecule has 1 aromatic carbocycles. The minimum absolute atomic E-state index is 0.0192. The molecule has 1 saturated heterocycles. The Balaban J connectivity index is 1.40. The van der Waals surface area contributed by atoms with Crippen molar-refractivity contribution in [3.8, 4) is 5.75 Å². The van der Waals surface area contributed by atoms with Gasteiger partial charge in [0.25, 0.3) is 5.91 Å². The van der Waals surface area contributed by atoms with Crippen LogP contribution in [0.15, 0.2) is 36.5 Å². The van der Waals surface area contributed by atoms with Crippen LogP contribution in [-0.4, -0.2) is 70.6 Å². The third-order valence-corrected chi connectivity index (χ3v) is 5.21. The first-order valence-corrected chi connectivity index (χ1v) is 10.2. The Hall–Kier alpha value is -2.32. The van der Waals surface area contributed by atoms with Crippen LogP contribution in [0.25, 0.3) is 6.08 Å². The van der Waals surface area contributed by atoms with Gasteiger partial charge < -0.3 is 15.0 Å². The zero-order valence-electron chi connectivity index (χ0n) is 15.5. The molecule has 0 saturated carbocycles. The minimum atomic E-state index is -0.0192. The first-order valence-electron chi connectivity index (χ1n) is 9.05. The Morgan fingerprint density at radius 3 is 2.96 bits per heavy atom. The number of nitrogens with one attached hydrogen (secondary N) is 1. The van der Waals surface area contributed by atoms with E-state index in [0.717, 1.165) is 49.0 Å². The Morgan fingerprint density at radius 2 is 2.15 bits per heavy atom. The predicted molar refractivity (Wildman–Crippen MR) is 108 cm³/mol. The van der Waals surface area contributed by atoms with E-state index in [1.807, 2.05) is 47.0 Å². The van der Waals surface area contributed by atoms with Crippen molar-refractivity contribution >= 4 is 23.7 Å². The largest absolute Gasteiger partial charge is 0.496 e. The number of hydrogen-bond acceptors (Lipinski definition) is 6. The molecule has 1 amide bonds. The zero-order valence-corrected chi connectivity index (χ0v) is 16.3. The van der Waals surface area contributed by atoms with Crippen LogP contribution in [0.5, 0.6) is 5.75 Å². The Labute approximate surface area is 163 Å². The number of rotatable bonds is 8. The van der Waals surface area contributed by atoms with Crippen molar-refractivity contribution in [2.45, 2.75) is 6.54 Å². The summed E-state index contributed by atoms with van der Waals surface area (Å²) in [5.41, 5.74) is 1.48. The second-order valence-electron chi connectivity index (χ2n) is 6.12. The molecule has 0 bridgehead atoms. The average Bonchev–Trinajstić information content (AvgIpc) is 3.20. The van der Waals surface area contributed by atoms with Gasteiger partial charge in [-0.15, -0.1) is 5.10 Å². The van der Waals surface area contributed by atoms with Gasteiger partial charge in [-0.05, 0) is 6.07 Å². The van der Waals surface area contributed by atoms with Gasteiger partial charge in [0.15, 0.2) is 5.69 Å². The third-order valence-electron chi connectivity index (χ3n) is 4.27. The van der Waals surface area contributed by atoms with Crippen LogP contribution >= 0.6 is 11.8 Å². The van der Waals surface area contributed by atoms with Gasteiger partial charge in [-0.2, -0.15) is 11.8 Å². The van der Waals surface area contributed by atoms with Gasteiger partial charge in [-0.3, -0.25) is 9.48 Å². The minimum Gasteiger partial charge on any atom is -0.496 e. The van der Waals surface area contributed by atoms with Crippen molar-refractivity contribution in [2.75, 3.05) is 44.8 Å². The number of benzene rings is 1. The third kappa shape index (κ3) is 5.58. The maximum absolute atomic E-state index is 12.4. The van der Waals surface area contributed by atoms with Crippen LogP contribution < -0.4 is 10.1 Å². The molecule has 0 spiro atoms. The predicted octanol–water partition coefficient (Wildman–Crippen LogP) is 1.78. The summed E-state index contributed by atoms with van der Waals surface area (Å²) in [5, 5.41) is 11.4. The number of ether oxygens (including phenoxy) is 1. The molecule has 3 rings (SSSR count). The molecule has 2 aromatic rings. The van der Waals surface area contributed by atoms with Gasteiger partial charge in [0.05, 0.1) is 19.9 Å². The lowest BCUT2D eigenvalue weighted by molar-refractivity contribution is 0.0766. The van der Waals surface area contributed by atoms with Gasteiger partial charge in [0.2, 0.25) is 0 Å². The quantitative estimate of drug-likeness (QED) is 0.696. The van der Waals surface area contributed by atoms with E-state index < -0.39 is 0 Å². The lowest BCUT2D eigenvalue weighted by atomic mass is 10.2. The van der Waals surface area contributed by atoms with E-state index in [0.29, 0.717) is 12.2 Å². The summed E-state index contributed by atoms with van der Waals surface area (Å²) in [5.74, 6) is 2.83. The monoisotopic (exact) mass is 387 g/mol. The SMILES string of the molecule is COc1ccccc1C=CCNCCn1cc(C(=O)N2CCSCC2)nn1. The molecule has 0 aliphatic carbocycles. The first kappa shape index (κ1) is 19.4. The fourth-order valence-corrected chi connectivity index (χ4v) is 3.71. The maximum Gasteiger partial charge on any atom is 0.276 e. The molecule has 2 heterocycles. The van der Waals surface area contributed by atoms with Gasteiger partial charge in [0, 0.05) is 43.2 Å². The topological polar surface area (TPSA) is 72.3 Å². The molecule has 0 radical (unpaired) electrons. The highest BCUT2D eigenvalue weighted by molar-refractivity contribution is 7.99. The Bertz CT molecular complexity index is 771. The normalized spacial score (nSPS) is 14.6. The van der Waals surface area contributed by atoms with E-state index in [-0.39, 0.29) is 5.91 Å². The number of nitrogens with zero attached hydrogens (tertiary/aromatic N) is 4. The molecule has 27 heavy (non-hydrogen) atoms. The summed E-state index contributed by atoms with van der Waals surface area (Å²) in [4.78, 5) is 14.2. The number of thioether (sulfide) groups is 1. The smallest absolute Gasteiger partial charge is 0.276 e. The maximum atomic E-state index is 12.4. The lowest BCUT2D eigenvalue weighted by Crippen LogP contribution is -2.38. The fraction of sp³-hybridized carbons (Fsp3) is 0.421. The molecule has 8 heteroatoms. The second kappa shape index (κ2) is 10.1. The standard InChI is InChI=1S/C19H25N5O2S/c1-26-18-7-3-2-5-16(18)6-4-8-20-9-10-24-15-17(21-22-24)19(25)23-11-13-27-14-12-23/h2-7,15,20H,8-14H2,1H3. The van der Waals surface area contributed by atoms with Gasteiger partial charge in [-0.1, -0.05) is 35.6 Å². The van der Waals surface area contributed by atoms with Gasteiger partial charge in [0.1, 0.15) is 5.75 Å². The molecular formula is C19H25N5O2S. The van der Waals surface area contributed by atoms with E-state index in [1.54, 1.807) is 18.0 Å². The second-order valence-corrected chi connectivity index (χ2v) is 7.34. The molecule has 0 unspecified atom stereocenters. The molecule has 1 fully saturated rings. The molecule has 7 nitrogen and oxygen atoms in total. The number of carbonyl (C=O) groups excluding carboxylic acids is 1. The fourth-order valence-electron chi connectivity index (χ4n) is 2.80. The van der Waals surface area contributed by atoms with Crippen molar-refractivity contribution in [3.63, 3.8) is 0 Å². The number of hydrogen-bond donors (Lipinski definition) is 1. The number of amides is 1. The summed E-state index contributed by atoms with van der Waals surface area (Å²) >= 11 is 1.88. The van der Waals surface area contributed by atoms with Crippen LogP contribution in [0.1, 0.15) is 16.1 Å². The molecule has 1 aliphatic rings. The molecule has 1 aliphatic heterocycles. The Kier molecular flexibility index (Phi) is 7.29. The summed E-state index contributed by atoms with van der Waals surface area (Å²) in [6.07, 6.45) is 5.83. The van der Waals surface area contributed by atoms with Crippen molar-refractivity contribution in [1.29, 1.82) is 0 Å². The van der Waals surface area contributed by atoms with Crippen molar-refractivity contribution < 1.29 is 9.53 Å². The number of carbonyl (C=O) groups is 1. The Morgan fingerprint density at radius 1 is 1.33 bits per heavy atom.